The Morgan fingerprint density at radius 3 is 2.59 bits per heavy atom. The number of aromatic nitrogens is 3. The molecule has 5 rings (SSSR count). The molecule has 0 N–H and O–H groups in total. The molecule has 5 nitrogen and oxygen atoms in total. The molecule has 0 saturated carbocycles. The Labute approximate surface area is 189 Å². The first-order valence-corrected chi connectivity index (χ1v) is 11.6. The molecule has 5 heteroatoms. The topological polar surface area (TPSA) is 43.1 Å². The number of amides is 1. The Balaban J connectivity index is 1.17. The number of aryl methyl sites for hydroxylation is 2. The van der Waals surface area contributed by atoms with Gasteiger partial charge in [-0.3, -0.25) is 9.48 Å². The van der Waals surface area contributed by atoms with Gasteiger partial charge in [0.05, 0.1) is 6.20 Å². The molecule has 0 atom stereocenters. The van der Waals surface area contributed by atoms with Crippen LogP contribution in [0, 0.1) is 5.92 Å². The minimum Gasteiger partial charge on any atom is -0.347 e. The summed E-state index contributed by atoms with van der Waals surface area (Å²) in [5.74, 6) is 0.906. The van der Waals surface area contributed by atoms with E-state index in [0.717, 1.165) is 44.5 Å². The predicted octanol–water partition coefficient (Wildman–Crippen LogP) is 4.91. The highest BCUT2D eigenvalue weighted by Gasteiger charge is 2.23. The maximum Gasteiger partial charge on any atom is 0.222 e. The summed E-state index contributed by atoms with van der Waals surface area (Å²) in [5, 5.41) is 5.55. The molecule has 0 aliphatic carbocycles. The van der Waals surface area contributed by atoms with E-state index in [-0.39, 0.29) is 0 Å². The lowest BCUT2D eigenvalue weighted by molar-refractivity contribution is -0.132. The molecule has 164 valence electrons. The SMILES string of the molecule is Cn1cc(-c2ccc3c(ccn3CC3CCN(C(=O)CCc4ccccc4)CC3)c2)cn1. The number of rotatable bonds is 6. The quantitative estimate of drug-likeness (QED) is 0.440. The second kappa shape index (κ2) is 9.03. The zero-order chi connectivity index (χ0) is 21.9. The molecule has 0 radical (unpaired) electrons. The summed E-state index contributed by atoms with van der Waals surface area (Å²) in [6, 6.07) is 19.1. The zero-order valence-corrected chi connectivity index (χ0v) is 18.7. The van der Waals surface area contributed by atoms with Crippen LogP contribution in [0.15, 0.2) is 73.2 Å². The molecule has 0 bridgehead atoms. The minimum absolute atomic E-state index is 0.293. The molecular weight excluding hydrogens is 396 g/mol. The van der Waals surface area contributed by atoms with Gasteiger partial charge in [-0.05, 0) is 54.5 Å². The molecule has 4 aromatic rings. The van der Waals surface area contributed by atoms with E-state index < -0.39 is 0 Å². The molecule has 2 aromatic carbocycles. The van der Waals surface area contributed by atoms with Gasteiger partial charge in [-0.15, -0.1) is 0 Å². The van der Waals surface area contributed by atoms with Crippen molar-refractivity contribution in [1.82, 2.24) is 19.2 Å². The van der Waals surface area contributed by atoms with Crippen LogP contribution in [0.25, 0.3) is 22.0 Å². The number of likely N-dealkylation sites (tertiary alicyclic amines) is 1. The van der Waals surface area contributed by atoms with Crippen molar-refractivity contribution in [2.24, 2.45) is 13.0 Å². The first-order valence-electron chi connectivity index (χ1n) is 11.6. The lowest BCUT2D eigenvalue weighted by atomic mass is 9.96. The highest BCUT2D eigenvalue weighted by molar-refractivity contribution is 5.85. The van der Waals surface area contributed by atoms with E-state index in [0.29, 0.717) is 18.2 Å². The maximum atomic E-state index is 12.6. The lowest BCUT2D eigenvalue weighted by Gasteiger charge is -2.32. The van der Waals surface area contributed by atoms with Gasteiger partial charge in [-0.2, -0.15) is 5.10 Å². The van der Waals surface area contributed by atoms with Crippen LogP contribution in [0.3, 0.4) is 0 Å². The van der Waals surface area contributed by atoms with E-state index in [9.17, 15) is 4.79 Å². The van der Waals surface area contributed by atoms with Gasteiger partial charge in [0, 0.05) is 62.0 Å². The zero-order valence-electron chi connectivity index (χ0n) is 18.7. The van der Waals surface area contributed by atoms with E-state index in [1.807, 2.05) is 42.3 Å². The Bertz CT molecular complexity index is 1200. The van der Waals surface area contributed by atoms with Crippen LogP contribution in [0.5, 0.6) is 0 Å². The molecule has 0 spiro atoms. The van der Waals surface area contributed by atoms with Crippen LogP contribution in [-0.4, -0.2) is 38.2 Å². The highest BCUT2D eigenvalue weighted by atomic mass is 16.2. The molecule has 1 fully saturated rings. The standard InChI is InChI=1S/C27H30N4O/c1-29-20-25(18-28-29)23-8-9-26-24(17-23)13-16-31(26)19-22-11-14-30(15-12-22)27(32)10-7-21-5-3-2-4-6-21/h2-6,8-9,13,16-18,20,22H,7,10-12,14-15,19H2,1H3. The minimum atomic E-state index is 0.293. The fourth-order valence-electron chi connectivity index (χ4n) is 4.81. The maximum absolute atomic E-state index is 12.6. The fourth-order valence-corrected chi connectivity index (χ4v) is 4.81. The van der Waals surface area contributed by atoms with Crippen molar-refractivity contribution in [2.45, 2.75) is 32.2 Å². The summed E-state index contributed by atoms with van der Waals surface area (Å²) in [6.07, 6.45) is 9.75. The molecule has 3 heterocycles. The number of fused-ring (bicyclic) bond motifs is 1. The molecule has 1 amide bonds. The van der Waals surface area contributed by atoms with E-state index in [2.05, 4.69) is 57.2 Å². The van der Waals surface area contributed by atoms with Crippen molar-refractivity contribution in [3.8, 4) is 11.1 Å². The second-order valence-corrected chi connectivity index (χ2v) is 8.95. The number of benzene rings is 2. The third-order valence-electron chi connectivity index (χ3n) is 6.70. The van der Waals surface area contributed by atoms with Crippen molar-refractivity contribution < 1.29 is 4.79 Å². The van der Waals surface area contributed by atoms with Crippen LogP contribution >= 0.6 is 0 Å². The summed E-state index contributed by atoms with van der Waals surface area (Å²) in [7, 11) is 1.95. The van der Waals surface area contributed by atoms with Crippen LogP contribution in [0.2, 0.25) is 0 Å². The van der Waals surface area contributed by atoms with Gasteiger partial charge < -0.3 is 9.47 Å². The van der Waals surface area contributed by atoms with E-state index in [1.54, 1.807) is 0 Å². The van der Waals surface area contributed by atoms with Gasteiger partial charge in [0.15, 0.2) is 0 Å². The summed E-state index contributed by atoms with van der Waals surface area (Å²) in [6.45, 7) is 2.77. The largest absolute Gasteiger partial charge is 0.347 e. The van der Waals surface area contributed by atoms with Gasteiger partial charge in [-0.25, -0.2) is 0 Å². The van der Waals surface area contributed by atoms with Crippen LogP contribution < -0.4 is 0 Å². The lowest BCUT2D eigenvalue weighted by Crippen LogP contribution is -2.39. The van der Waals surface area contributed by atoms with Crippen molar-refractivity contribution in [2.75, 3.05) is 13.1 Å². The van der Waals surface area contributed by atoms with Gasteiger partial charge in [0.1, 0.15) is 0 Å². The second-order valence-electron chi connectivity index (χ2n) is 8.95. The Morgan fingerprint density at radius 1 is 1.03 bits per heavy atom. The molecule has 1 saturated heterocycles. The summed E-state index contributed by atoms with van der Waals surface area (Å²) < 4.78 is 4.21. The molecule has 32 heavy (non-hydrogen) atoms. The monoisotopic (exact) mass is 426 g/mol. The number of nitrogens with zero attached hydrogens (tertiary/aromatic N) is 4. The van der Waals surface area contributed by atoms with Crippen LogP contribution in [0.4, 0.5) is 0 Å². The molecule has 1 aliphatic rings. The highest BCUT2D eigenvalue weighted by Crippen LogP contribution is 2.27. The average Bonchev–Trinajstić information content (AvgIpc) is 3.44. The molecule has 2 aromatic heterocycles. The summed E-state index contributed by atoms with van der Waals surface area (Å²) in [4.78, 5) is 14.7. The van der Waals surface area contributed by atoms with Crippen LogP contribution in [0.1, 0.15) is 24.8 Å². The van der Waals surface area contributed by atoms with Crippen molar-refractivity contribution in [1.29, 1.82) is 0 Å². The third-order valence-corrected chi connectivity index (χ3v) is 6.70. The Hall–Kier alpha value is -3.34. The third kappa shape index (κ3) is 4.47. The number of hydrogen-bond acceptors (Lipinski definition) is 2. The van der Waals surface area contributed by atoms with E-state index in [1.165, 1.54) is 22.0 Å². The van der Waals surface area contributed by atoms with Crippen molar-refractivity contribution >= 4 is 16.8 Å². The van der Waals surface area contributed by atoms with Crippen LogP contribution in [-0.2, 0) is 24.8 Å². The number of carbonyl (C=O) groups is 1. The molecular formula is C27H30N4O. The molecule has 0 unspecified atom stereocenters. The van der Waals surface area contributed by atoms with Gasteiger partial charge >= 0.3 is 0 Å². The van der Waals surface area contributed by atoms with E-state index >= 15 is 0 Å². The average molecular weight is 427 g/mol. The summed E-state index contributed by atoms with van der Waals surface area (Å²) in [5.41, 5.74) is 4.86. The van der Waals surface area contributed by atoms with Gasteiger partial charge in [0.25, 0.3) is 0 Å². The first kappa shape index (κ1) is 20.6. The number of piperidine rings is 1. The first-order chi connectivity index (χ1) is 15.7. The Kier molecular flexibility index (Phi) is 5.80. The fraction of sp³-hybridized carbons (Fsp3) is 0.333. The normalized spacial score (nSPS) is 14.8. The van der Waals surface area contributed by atoms with Gasteiger partial charge in [-0.1, -0.05) is 36.4 Å². The predicted molar refractivity (Wildman–Crippen MR) is 128 cm³/mol. The van der Waals surface area contributed by atoms with Crippen molar-refractivity contribution in [3.05, 3.63) is 78.8 Å². The molecule has 1 aliphatic heterocycles. The Morgan fingerprint density at radius 2 is 1.84 bits per heavy atom. The number of hydrogen-bond donors (Lipinski definition) is 0. The van der Waals surface area contributed by atoms with E-state index in [4.69, 9.17) is 0 Å². The van der Waals surface area contributed by atoms with Crippen molar-refractivity contribution in [3.63, 3.8) is 0 Å². The summed E-state index contributed by atoms with van der Waals surface area (Å²) >= 11 is 0. The van der Waals surface area contributed by atoms with Gasteiger partial charge in [0.2, 0.25) is 5.91 Å². The smallest absolute Gasteiger partial charge is 0.222 e. The number of carbonyl (C=O) groups excluding carboxylic acids is 1.